The zero-order valence-electron chi connectivity index (χ0n) is 18.8. The Labute approximate surface area is 226 Å². The monoisotopic (exact) mass is 705 g/mol. The van der Waals surface area contributed by atoms with Gasteiger partial charge in [0.1, 0.15) is 0 Å². The Balaban J connectivity index is 1.72. The molecule has 4 aromatic carbocycles. The third-order valence-electron chi connectivity index (χ3n) is 7.98. The van der Waals surface area contributed by atoms with Gasteiger partial charge in [-0.15, -0.1) is 0 Å². The molecule has 34 heavy (non-hydrogen) atoms. The van der Waals surface area contributed by atoms with Crippen molar-refractivity contribution in [1.29, 1.82) is 0 Å². The van der Waals surface area contributed by atoms with Crippen molar-refractivity contribution in [2.45, 2.75) is 20.3 Å². The van der Waals surface area contributed by atoms with Crippen LogP contribution in [0.15, 0.2) is 93.9 Å². The van der Waals surface area contributed by atoms with Gasteiger partial charge >= 0.3 is 229 Å². The van der Waals surface area contributed by atoms with Gasteiger partial charge in [0.15, 0.2) is 0 Å². The molecule has 2 aliphatic rings. The number of benzene rings is 4. The predicted octanol–water partition coefficient (Wildman–Crippen LogP) is 10.0. The van der Waals surface area contributed by atoms with Crippen LogP contribution in [-0.2, 0) is 15.6 Å². The second kappa shape index (κ2) is 8.27. The van der Waals surface area contributed by atoms with E-state index in [0.29, 0.717) is 0 Å². The van der Waals surface area contributed by atoms with Crippen LogP contribution in [0, 0.1) is 0 Å². The Kier molecular flexibility index (Phi) is 5.81. The summed E-state index contributed by atoms with van der Waals surface area (Å²) in [6, 6.07) is 30.8. The van der Waals surface area contributed by atoms with Crippen molar-refractivity contribution < 1.29 is 15.6 Å². The molecule has 6 heteroatoms. The third-order valence-corrected chi connectivity index (χ3v) is 60.5. The van der Waals surface area contributed by atoms with Crippen molar-refractivity contribution in [1.82, 2.24) is 0 Å². The first-order valence-electron chi connectivity index (χ1n) is 11.6. The summed E-state index contributed by atoms with van der Waals surface area (Å²) >= 11 is 2.76. The molecule has 0 radical (unpaired) electrons. The van der Waals surface area contributed by atoms with E-state index in [-0.39, 0.29) is 7.25 Å². The van der Waals surface area contributed by atoms with E-state index < -0.39 is 21.5 Å². The van der Waals surface area contributed by atoms with Crippen LogP contribution in [0.1, 0.15) is 29.5 Å². The second-order valence-electron chi connectivity index (χ2n) is 9.88. The van der Waals surface area contributed by atoms with Crippen LogP contribution in [0.25, 0.3) is 22.3 Å². The minimum atomic E-state index is -4.73. The van der Waals surface area contributed by atoms with Crippen molar-refractivity contribution in [2.24, 2.45) is 0 Å². The summed E-state index contributed by atoms with van der Waals surface area (Å²) in [6.07, 6.45) is 0. The van der Waals surface area contributed by atoms with Crippen molar-refractivity contribution in [3.8, 4) is 22.3 Å². The molecular weight excluding hydrogens is 686 g/mol. The van der Waals surface area contributed by atoms with Crippen molar-refractivity contribution >= 4 is 54.8 Å². The number of hydrogen-bond acceptors (Lipinski definition) is 0. The summed E-state index contributed by atoms with van der Waals surface area (Å²) in [5.41, 5.74) is 10.4. The molecule has 0 saturated heterocycles. The first-order chi connectivity index (χ1) is 16.2. The minimum absolute atomic E-state index is 0.0585. The van der Waals surface area contributed by atoms with Gasteiger partial charge in [-0.2, -0.15) is 0 Å². The van der Waals surface area contributed by atoms with E-state index in [0.717, 1.165) is 8.95 Å². The maximum atomic E-state index is 8.36. The van der Waals surface area contributed by atoms with Crippen molar-refractivity contribution in [3.63, 3.8) is 0 Å². The zero-order chi connectivity index (χ0) is 23.9. The normalized spacial score (nSPS) is 19.2. The second-order valence-corrected chi connectivity index (χ2v) is 54.2. The first kappa shape index (κ1) is 23.9. The molecule has 0 saturated carbocycles. The molecule has 2 atom stereocenters. The van der Waals surface area contributed by atoms with Gasteiger partial charge in [-0.3, -0.25) is 0 Å². The number of halogens is 4. The number of fused-ring (bicyclic) bond motifs is 6. The van der Waals surface area contributed by atoms with Gasteiger partial charge in [0.05, 0.1) is 0 Å². The molecule has 6 rings (SSSR count). The topological polar surface area (TPSA) is 0 Å². The Morgan fingerprint density at radius 1 is 0.588 bits per heavy atom. The maximum absolute atomic E-state index is 8.36. The van der Waals surface area contributed by atoms with Gasteiger partial charge in [0, 0.05) is 0 Å². The summed E-state index contributed by atoms with van der Waals surface area (Å²) in [7, 11) is 16.7. The van der Waals surface area contributed by atoms with Crippen LogP contribution in [0.4, 0.5) is 0 Å². The summed E-state index contributed by atoms with van der Waals surface area (Å²) in [5.74, 6) is -1.58. The quantitative estimate of drug-likeness (QED) is 0.186. The first-order valence-corrected chi connectivity index (χ1v) is 29.5. The zero-order valence-corrected chi connectivity index (χ0v) is 27.1. The summed E-state index contributed by atoms with van der Waals surface area (Å²) in [4.78, 5) is 0. The molecule has 0 aliphatic heterocycles. The van der Waals surface area contributed by atoms with Gasteiger partial charge in [0.2, 0.25) is 0 Å². The SMILES string of the molecule is C[SiH](C)[Zr]([Cl])([Cl])([CH]1c2ccccc2-c2ccc(Br)cc21)[CH]1c2ccccc2-c2ccc(Br)cc21. The predicted molar refractivity (Wildman–Crippen MR) is 153 cm³/mol. The average molecular weight is 710 g/mol. The van der Waals surface area contributed by atoms with Crippen molar-refractivity contribution in [2.75, 3.05) is 0 Å². The van der Waals surface area contributed by atoms with E-state index in [1.54, 1.807) is 0 Å². The summed E-state index contributed by atoms with van der Waals surface area (Å²) < 4.78 is 2.27. The third kappa shape index (κ3) is 3.22. The molecule has 2 unspecified atom stereocenters. The van der Waals surface area contributed by atoms with Crippen LogP contribution in [0.3, 0.4) is 0 Å². The molecule has 0 aromatic heterocycles. The van der Waals surface area contributed by atoms with Crippen LogP contribution in [0.2, 0.25) is 13.1 Å². The van der Waals surface area contributed by atoms with Crippen molar-refractivity contribution in [3.05, 3.63) is 116 Å². The Morgan fingerprint density at radius 2 is 0.971 bits per heavy atom. The van der Waals surface area contributed by atoms with Crippen LogP contribution >= 0.6 is 48.9 Å². The fourth-order valence-electron chi connectivity index (χ4n) is 6.38. The van der Waals surface area contributed by atoms with Crippen LogP contribution in [-0.4, -0.2) is 5.92 Å². The number of rotatable bonds is 3. The summed E-state index contributed by atoms with van der Waals surface area (Å²) in [6.45, 7) is 4.78. The van der Waals surface area contributed by atoms with E-state index >= 15 is 0 Å². The van der Waals surface area contributed by atoms with E-state index in [2.05, 4.69) is 130 Å². The molecule has 0 heterocycles. The van der Waals surface area contributed by atoms with Crippen LogP contribution < -0.4 is 0 Å². The van der Waals surface area contributed by atoms with Crippen LogP contribution in [0.5, 0.6) is 0 Å². The van der Waals surface area contributed by atoms with E-state index in [1.807, 2.05) is 0 Å². The fraction of sp³-hybridized carbons (Fsp3) is 0.143. The molecule has 2 aliphatic carbocycles. The van der Waals surface area contributed by atoms with E-state index in [4.69, 9.17) is 17.0 Å². The van der Waals surface area contributed by atoms with E-state index in [1.165, 1.54) is 44.5 Å². The Hall–Kier alpha value is -0.480. The molecule has 4 aromatic rings. The fourth-order valence-corrected chi connectivity index (χ4v) is 37.2. The molecule has 0 amide bonds. The number of hydrogen-bond donors (Lipinski definition) is 0. The van der Waals surface area contributed by atoms with Gasteiger partial charge < -0.3 is 0 Å². The van der Waals surface area contributed by atoms with Gasteiger partial charge in [0.25, 0.3) is 0 Å². The molecule has 171 valence electrons. The Morgan fingerprint density at radius 3 is 1.38 bits per heavy atom. The average Bonchev–Trinajstić information content (AvgIpc) is 3.32. The Bertz CT molecular complexity index is 1380. The summed E-state index contributed by atoms with van der Waals surface area (Å²) in [5, 5.41) is 0. The van der Waals surface area contributed by atoms with Gasteiger partial charge in [-0.05, 0) is 0 Å². The molecular formula is C28H23Br2Cl2SiZr. The standard InChI is InChI=1S/2C13H8Br.C2H7Si.2ClH.Zr/c2*14-11-5-6-13-10(8-11)7-9-3-1-2-4-12(9)13;1-3-2;;;/h2*1-8H;3H,1-2H3;2*1H;/q;;;;;+2/p-2. The van der Waals surface area contributed by atoms with Gasteiger partial charge in [-0.25, -0.2) is 0 Å². The molecule has 0 N–H and O–H groups in total. The molecule has 0 fully saturated rings. The molecule has 0 spiro atoms. The van der Waals surface area contributed by atoms with E-state index in [9.17, 15) is 0 Å². The molecule has 0 bridgehead atoms. The van der Waals surface area contributed by atoms with Gasteiger partial charge in [-0.1, -0.05) is 0 Å². The molecule has 0 nitrogen and oxygen atoms in total.